The van der Waals surface area contributed by atoms with Crippen LogP contribution in [0.5, 0.6) is 0 Å². The van der Waals surface area contributed by atoms with Gasteiger partial charge in [0.2, 0.25) is 5.91 Å². The van der Waals surface area contributed by atoms with Crippen molar-refractivity contribution in [3.63, 3.8) is 0 Å². The number of nitrogens with zero attached hydrogens (tertiary/aromatic N) is 4. The van der Waals surface area contributed by atoms with Gasteiger partial charge in [0.1, 0.15) is 12.6 Å². The minimum atomic E-state index is -0.804. The molecule has 7 nitrogen and oxygen atoms in total. The van der Waals surface area contributed by atoms with Crippen molar-refractivity contribution in [3.8, 4) is 0 Å². The molecule has 2 aliphatic carbocycles. The molecule has 0 radical (unpaired) electrons. The first-order chi connectivity index (χ1) is 12.2. The van der Waals surface area contributed by atoms with Crippen molar-refractivity contribution in [2.45, 2.75) is 37.8 Å². The highest BCUT2D eigenvalue weighted by Crippen LogP contribution is 2.55. The fourth-order valence-electron chi connectivity index (χ4n) is 4.33. The van der Waals surface area contributed by atoms with Crippen LogP contribution in [0.15, 0.2) is 35.4 Å². The van der Waals surface area contributed by atoms with Gasteiger partial charge in [-0.2, -0.15) is 0 Å². The summed E-state index contributed by atoms with van der Waals surface area (Å²) < 4.78 is 5.12. The first kappa shape index (κ1) is 16.0. The summed E-state index contributed by atoms with van der Waals surface area (Å²) in [5, 5.41) is 3.76. The molecule has 1 aromatic carbocycles. The number of carbonyl (C=O) groups excluding carboxylic acids is 2. The molecule has 5 atom stereocenters. The number of rotatable bonds is 5. The van der Waals surface area contributed by atoms with Gasteiger partial charge in [0.05, 0.1) is 6.04 Å². The average molecular weight is 340 g/mol. The molecule has 2 unspecified atom stereocenters. The van der Waals surface area contributed by atoms with Gasteiger partial charge in [0.15, 0.2) is 0 Å². The summed E-state index contributed by atoms with van der Waals surface area (Å²) in [6, 6.07) is 8.53. The molecule has 25 heavy (non-hydrogen) atoms. The molecule has 1 aliphatic heterocycles. The maximum Gasteiger partial charge on any atom is 0.416 e. The lowest BCUT2D eigenvalue weighted by atomic mass is 9.93. The van der Waals surface area contributed by atoms with E-state index in [0.717, 1.165) is 18.4 Å². The Bertz CT molecular complexity index is 721. The van der Waals surface area contributed by atoms with E-state index in [1.54, 1.807) is 0 Å². The Morgan fingerprint density at radius 2 is 2.00 bits per heavy atom. The lowest BCUT2D eigenvalue weighted by molar-refractivity contribution is -0.131. The van der Waals surface area contributed by atoms with E-state index < -0.39 is 18.0 Å². The van der Waals surface area contributed by atoms with Crippen LogP contribution in [-0.2, 0) is 16.0 Å². The van der Waals surface area contributed by atoms with Gasteiger partial charge in [-0.15, -0.1) is 0 Å². The molecular formula is C18H20N4O3. The van der Waals surface area contributed by atoms with Crippen molar-refractivity contribution in [2.75, 3.05) is 6.61 Å². The van der Waals surface area contributed by atoms with E-state index in [2.05, 4.69) is 10.0 Å². The van der Waals surface area contributed by atoms with Crippen LogP contribution in [0.1, 0.15) is 24.8 Å². The van der Waals surface area contributed by atoms with Gasteiger partial charge >= 0.3 is 6.09 Å². The molecule has 4 rings (SSSR count). The van der Waals surface area contributed by atoms with E-state index in [9.17, 15) is 9.59 Å². The molecule has 2 saturated carbocycles. The number of amides is 2. The predicted molar refractivity (Wildman–Crippen MR) is 89.4 cm³/mol. The molecule has 3 aliphatic rings. The summed E-state index contributed by atoms with van der Waals surface area (Å²) in [7, 11) is 0. The first-order valence-electron chi connectivity index (χ1n) is 8.75. The smallest absolute Gasteiger partial charge is 0.416 e. The minimum absolute atomic E-state index is 0.0397. The standard InChI is InChI=1S/C18H20N4O3/c19-21-20-16(14-8-12-7-13(12)9-14)17(23)22-15(10-25-18(22)24)6-11-4-2-1-3-5-11/h1-5,12-16H,6-10H2/t12-,13+,14?,15-,16?/m0/s1. The zero-order chi connectivity index (χ0) is 17.4. The molecule has 0 aromatic heterocycles. The minimum Gasteiger partial charge on any atom is -0.447 e. The van der Waals surface area contributed by atoms with Crippen LogP contribution in [0.3, 0.4) is 0 Å². The molecule has 2 amide bonds. The van der Waals surface area contributed by atoms with Gasteiger partial charge in [0.25, 0.3) is 0 Å². The molecule has 3 fully saturated rings. The lowest BCUT2D eigenvalue weighted by Crippen LogP contribution is -2.47. The van der Waals surface area contributed by atoms with Gasteiger partial charge < -0.3 is 4.74 Å². The Morgan fingerprint density at radius 3 is 2.68 bits per heavy atom. The van der Waals surface area contributed by atoms with Crippen LogP contribution in [0, 0.1) is 17.8 Å². The van der Waals surface area contributed by atoms with E-state index in [0.29, 0.717) is 18.3 Å². The van der Waals surface area contributed by atoms with Crippen molar-refractivity contribution in [2.24, 2.45) is 22.9 Å². The Balaban J connectivity index is 1.52. The quantitative estimate of drug-likeness (QED) is 0.467. The van der Waals surface area contributed by atoms with Crippen LogP contribution in [0.2, 0.25) is 0 Å². The molecule has 130 valence electrons. The predicted octanol–water partition coefficient (Wildman–Crippen LogP) is 3.30. The fourth-order valence-corrected chi connectivity index (χ4v) is 4.33. The Morgan fingerprint density at radius 1 is 1.28 bits per heavy atom. The van der Waals surface area contributed by atoms with Crippen LogP contribution < -0.4 is 0 Å². The molecule has 1 saturated heterocycles. The van der Waals surface area contributed by atoms with E-state index in [4.69, 9.17) is 10.3 Å². The third kappa shape index (κ3) is 3.07. The summed E-state index contributed by atoms with van der Waals surface area (Å²) >= 11 is 0. The van der Waals surface area contributed by atoms with Gasteiger partial charge in [-0.05, 0) is 54.5 Å². The van der Waals surface area contributed by atoms with Crippen molar-refractivity contribution >= 4 is 12.0 Å². The molecule has 0 spiro atoms. The molecular weight excluding hydrogens is 320 g/mol. The number of hydrogen-bond donors (Lipinski definition) is 0. The zero-order valence-electron chi connectivity index (χ0n) is 13.8. The topological polar surface area (TPSA) is 95.4 Å². The highest BCUT2D eigenvalue weighted by atomic mass is 16.6. The highest BCUT2D eigenvalue weighted by Gasteiger charge is 2.51. The number of imide groups is 1. The van der Waals surface area contributed by atoms with Crippen LogP contribution in [0.25, 0.3) is 10.4 Å². The second-order valence-corrected chi connectivity index (χ2v) is 7.27. The molecule has 7 heteroatoms. The van der Waals surface area contributed by atoms with Crippen LogP contribution in [-0.4, -0.2) is 35.6 Å². The third-order valence-electron chi connectivity index (χ3n) is 5.67. The summed E-state index contributed by atoms with van der Waals surface area (Å²) in [5.74, 6) is 0.963. The second-order valence-electron chi connectivity index (χ2n) is 7.27. The molecule has 1 aromatic rings. The fraction of sp³-hybridized carbons (Fsp3) is 0.556. The van der Waals surface area contributed by atoms with Gasteiger partial charge in [-0.1, -0.05) is 35.4 Å². The summed E-state index contributed by atoms with van der Waals surface area (Å²) in [6.45, 7) is 0.179. The van der Waals surface area contributed by atoms with Crippen molar-refractivity contribution in [1.29, 1.82) is 0 Å². The number of hydrogen-bond acceptors (Lipinski definition) is 4. The normalized spacial score (nSPS) is 31.0. The third-order valence-corrected chi connectivity index (χ3v) is 5.67. The van der Waals surface area contributed by atoms with Gasteiger partial charge in [-0.3, -0.25) is 4.79 Å². The molecule has 1 heterocycles. The monoisotopic (exact) mass is 340 g/mol. The van der Waals surface area contributed by atoms with Crippen LogP contribution in [0.4, 0.5) is 4.79 Å². The maximum absolute atomic E-state index is 13.0. The van der Waals surface area contributed by atoms with Gasteiger partial charge in [0, 0.05) is 4.91 Å². The highest BCUT2D eigenvalue weighted by molar-refractivity contribution is 5.96. The Labute approximate surface area is 145 Å². The largest absolute Gasteiger partial charge is 0.447 e. The number of ether oxygens (including phenoxy) is 1. The van der Waals surface area contributed by atoms with Crippen molar-refractivity contribution in [1.82, 2.24) is 4.90 Å². The Hall–Kier alpha value is -2.53. The number of carbonyl (C=O) groups is 2. The van der Waals surface area contributed by atoms with Crippen molar-refractivity contribution < 1.29 is 14.3 Å². The molecule has 0 N–H and O–H groups in total. The number of cyclic esters (lactones) is 1. The second kappa shape index (κ2) is 6.41. The van der Waals surface area contributed by atoms with Crippen molar-refractivity contribution in [3.05, 3.63) is 46.3 Å². The zero-order valence-corrected chi connectivity index (χ0v) is 13.8. The van der Waals surface area contributed by atoms with Crippen LogP contribution >= 0.6 is 0 Å². The number of azide groups is 1. The lowest BCUT2D eigenvalue weighted by Gasteiger charge is -2.26. The Kier molecular flexibility index (Phi) is 4.09. The summed E-state index contributed by atoms with van der Waals surface area (Å²) in [6.07, 6.45) is 2.94. The maximum atomic E-state index is 13.0. The summed E-state index contributed by atoms with van der Waals surface area (Å²) in [4.78, 5) is 29.2. The number of fused-ring (bicyclic) bond motifs is 1. The first-order valence-corrected chi connectivity index (χ1v) is 8.75. The summed E-state index contributed by atoms with van der Waals surface area (Å²) in [5.41, 5.74) is 9.94. The SMILES string of the molecule is [N-]=[N+]=NC(C(=O)N1C(=O)OC[C@@H]1Cc1ccccc1)C1C[C@@H]2C[C@@H]2C1. The van der Waals surface area contributed by atoms with E-state index in [1.807, 2.05) is 30.3 Å². The average Bonchev–Trinajstić information content (AvgIpc) is 3.06. The number of benzene rings is 1. The van der Waals surface area contributed by atoms with Gasteiger partial charge in [-0.25, -0.2) is 9.69 Å². The van der Waals surface area contributed by atoms with E-state index in [-0.39, 0.29) is 18.6 Å². The van der Waals surface area contributed by atoms with E-state index in [1.165, 1.54) is 11.3 Å². The molecule has 0 bridgehead atoms. The van der Waals surface area contributed by atoms with E-state index >= 15 is 0 Å².